The highest BCUT2D eigenvalue weighted by Crippen LogP contribution is 2.34. The van der Waals surface area contributed by atoms with Crippen molar-refractivity contribution < 1.29 is 4.52 Å². The topological polar surface area (TPSA) is 52.0 Å². The van der Waals surface area contributed by atoms with E-state index in [-0.39, 0.29) is 5.92 Å². The molecule has 0 spiro atoms. The fourth-order valence-electron chi connectivity index (χ4n) is 2.26. The van der Waals surface area contributed by atoms with E-state index in [2.05, 4.69) is 29.4 Å². The van der Waals surface area contributed by atoms with Gasteiger partial charge >= 0.3 is 0 Å². The lowest BCUT2D eigenvalue weighted by Crippen LogP contribution is -2.04. The van der Waals surface area contributed by atoms with Gasteiger partial charge in [0.2, 0.25) is 0 Å². The van der Waals surface area contributed by atoms with Crippen LogP contribution < -0.4 is 5.73 Å². The number of hydrogen-bond donors (Lipinski definition) is 1. The predicted octanol–water partition coefficient (Wildman–Crippen LogP) is 3.44. The van der Waals surface area contributed by atoms with Crippen molar-refractivity contribution in [1.29, 1.82) is 0 Å². The standard InChI is InChI=1S/C16H14N2O/c17-14-11-18-19-16(14)15(12-7-3-1-4-8-12)13-9-5-2-6-10-13/h1-11,15H,17H2. The number of benzene rings is 2. The van der Waals surface area contributed by atoms with Crippen molar-refractivity contribution in [3.63, 3.8) is 0 Å². The monoisotopic (exact) mass is 250 g/mol. The summed E-state index contributed by atoms with van der Waals surface area (Å²) in [5.41, 5.74) is 8.81. The van der Waals surface area contributed by atoms with Crippen molar-refractivity contribution >= 4 is 5.69 Å². The summed E-state index contributed by atoms with van der Waals surface area (Å²) in [6.45, 7) is 0. The first-order valence-electron chi connectivity index (χ1n) is 6.16. The summed E-state index contributed by atoms with van der Waals surface area (Å²) >= 11 is 0. The maximum atomic E-state index is 5.96. The Hall–Kier alpha value is -2.55. The number of rotatable bonds is 3. The fourth-order valence-corrected chi connectivity index (χ4v) is 2.26. The summed E-state index contributed by atoms with van der Waals surface area (Å²) in [5.74, 6) is 0.669. The van der Waals surface area contributed by atoms with Crippen LogP contribution in [0.25, 0.3) is 0 Å². The van der Waals surface area contributed by atoms with E-state index in [4.69, 9.17) is 10.3 Å². The van der Waals surface area contributed by atoms with Gasteiger partial charge in [-0.15, -0.1) is 0 Å². The molecule has 0 amide bonds. The second kappa shape index (κ2) is 4.98. The van der Waals surface area contributed by atoms with Crippen LogP contribution in [0.2, 0.25) is 0 Å². The molecule has 0 unspecified atom stereocenters. The molecule has 2 aromatic carbocycles. The van der Waals surface area contributed by atoms with Crippen molar-refractivity contribution in [3.8, 4) is 0 Å². The second-order valence-electron chi connectivity index (χ2n) is 4.40. The number of anilines is 1. The smallest absolute Gasteiger partial charge is 0.171 e. The lowest BCUT2D eigenvalue weighted by molar-refractivity contribution is 0.380. The molecule has 0 aliphatic heterocycles. The molecule has 0 bridgehead atoms. The molecule has 0 saturated carbocycles. The first kappa shape index (κ1) is 11.5. The SMILES string of the molecule is Nc1cnoc1C(c1ccccc1)c1ccccc1. The summed E-state index contributed by atoms with van der Waals surface area (Å²) in [7, 11) is 0. The summed E-state index contributed by atoms with van der Waals surface area (Å²) < 4.78 is 5.36. The molecule has 1 heterocycles. The Balaban J connectivity index is 2.15. The van der Waals surface area contributed by atoms with Gasteiger partial charge in [0.25, 0.3) is 0 Å². The maximum Gasteiger partial charge on any atom is 0.171 e. The molecule has 1 aromatic heterocycles. The van der Waals surface area contributed by atoms with Crippen molar-refractivity contribution in [1.82, 2.24) is 5.16 Å². The minimum Gasteiger partial charge on any atom is -0.395 e. The average Bonchev–Trinajstić information content (AvgIpc) is 2.88. The largest absolute Gasteiger partial charge is 0.395 e. The second-order valence-corrected chi connectivity index (χ2v) is 4.40. The Morgan fingerprint density at radius 1 is 0.842 bits per heavy atom. The quantitative estimate of drug-likeness (QED) is 0.774. The fraction of sp³-hybridized carbons (Fsp3) is 0.0625. The zero-order valence-corrected chi connectivity index (χ0v) is 10.4. The van der Waals surface area contributed by atoms with E-state index >= 15 is 0 Å². The van der Waals surface area contributed by atoms with E-state index in [1.54, 1.807) is 6.20 Å². The Labute approximate surface area is 111 Å². The molecule has 94 valence electrons. The van der Waals surface area contributed by atoms with Crippen LogP contribution in [0.5, 0.6) is 0 Å². The van der Waals surface area contributed by atoms with Gasteiger partial charge in [-0.25, -0.2) is 0 Å². The number of hydrogen-bond acceptors (Lipinski definition) is 3. The number of nitrogen functional groups attached to an aromatic ring is 1. The number of aromatic nitrogens is 1. The molecule has 3 nitrogen and oxygen atoms in total. The Kier molecular flexibility index (Phi) is 3.02. The summed E-state index contributed by atoms with van der Waals surface area (Å²) in [5, 5.41) is 3.79. The van der Waals surface area contributed by atoms with Crippen molar-refractivity contribution in [2.45, 2.75) is 5.92 Å². The van der Waals surface area contributed by atoms with Crippen LogP contribution in [0.4, 0.5) is 5.69 Å². The molecule has 0 radical (unpaired) electrons. The Bertz CT molecular complexity index is 607. The first-order chi connectivity index (χ1) is 9.36. The van der Waals surface area contributed by atoms with Crippen LogP contribution in [0.1, 0.15) is 22.8 Å². The summed E-state index contributed by atoms with van der Waals surface area (Å²) in [6.07, 6.45) is 1.55. The molecule has 0 atom stereocenters. The van der Waals surface area contributed by atoms with Crippen LogP contribution in [-0.2, 0) is 0 Å². The molecule has 0 saturated heterocycles. The van der Waals surface area contributed by atoms with Gasteiger partial charge in [0.15, 0.2) is 5.76 Å². The van der Waals surface area contributed by atoms with E-state index in [1.807, 2.05) is 36.4 Å². The van der Waals surface area contributed by atoms with Gasteiger partial charge in [-0.2, -0.15) is 0 Å². The molecule has 0 aliphatic carbocycles. The molecule has 2 N–H and O–H groups in total. The lowest BCUT2D eigenvalue weighted by Gasteiger charge is -2.15. The Morgan fingerprint density at radius 3 is 1.79 bits per heavy atom. The van der Waals surface area contributed by atoms with Gasteiger partial charge in [-0.1, -0.05) is 65.8 Å². The highest BCUT2D eigenvalue weighted by atomic mass is 16.5. The normalized spacial score (nSPS) is 10.8. The number of nitrogens with zero attached hydrogens (tertiary/aromatic N) is 1. The molecular weight excluding hydrogens is 236 g/mol. The van der Waals surface area contributed by atoms with Crippen LogP contribution in [0.15, 0.2) is 71.4 Å². The van der Waals surface area contributed by atoms with Gasteiger partial charge in [0.1, 0.15) is 0 Å². The van der Waals surface area contributed by atoms with Gasteiger partial charge in [0, 0.05) is 0 Å². The number of nitrogens with two attached hydrogens (primary N) is 1. The molecular formula is C16H14N2O. The molecule has 3 heteroatoms. The van der Waals surface area contributed by atoms with Gasteiger partial charge < -0.3 is 10.3 Å². The third kappa shape index (κ3) is 2.22. The predicted molar refractivity (Wildman–Crippen MR) is 74.7 cm³/mol. The van der Waals surface area contributed by atoms with Gasteiger partial charge in [-0.05, 0) is 11.1 Å². The average molecular weight is 250 g/mol. The van der Waals surface area contributed by atoms with Crippen molar-refractivity contribution in [2.75, 3.05) is 5.73 Å². The highest BCUT2D eigenvalue weighted by Gasteiger charge is 2.22. The van der Waals surface area contributed by atoms with Crippen LogP contribution in [0, 0.1) is 0 Å². The first-order valence-corrected chi connectivity index (χ1v) is 6.16. The van der Waals surface area contributed by atoms with Gasteiger partial charge in [-0.3, -0.25) is 0 Å². The summed E-state index contributed by atoms with van der Waals surface area (Å²) in [6, 6.07) is 20.3. The molecule has 0 fully saturated rings. The van der Waals surface area contributed by atoms with E-state index in [0.717, 1.165) is 11.1 Å². The van der Waals surface area contributed by atoms with Crippen molar-refractivity contribution in [3.05, 3.63) is 83.7 Å². The van der Waals surface area contributed by atoms with E-state index in [0.29, 0.717) is 11.4 Å². The lowest BCUT2D eigenvalue weighted by atomic mass is 9.89. The highest BCUT2D eigenvalue weighted by molar-refractivity contribution is 5.49. The van der Waals surface area contributed by atoms with Crippen LogP contribution in [-0.4, -0.2) is 5.16 Å². The van der Waals surface area contributed by atoms with E-state index in [1.165, 1.54) is 0 Å². The minimum atomic E-state index is -0.0232. The van der Waals surface area contributed by atoms with Gasteiger partial charge in [0.05, 0.1) is 17.8 Å². The van der Waals surface area contributed by atoms with Crippen LogP contribution in [0.3, 0.4) is 0 Å². The van der Waals surface area contributed by atoms with E-state index in [9.17, 15) is 0 Å². The molecule has 0 aliphatic rings. The zero-order chi connectivity index (χ0) is 13.1. The van der Waals surface area contributed by atoms with Crippen molar-refractivity contribution in [2.24, 2.45) is 0 Å². The van der Waals surface area contributed by atoms with Crippen LogP contribution >= 0.6 is 0 Å². The summed E-state index contributed by atoms with van der Waals surface area (Å²) in [4.78, 5) is 0. The zero-order valence-electron chi connectivity index (χ0n) is 10.4. The molecule has 3 aromatic rings. The molecule has 19 heavy (non-hydrogen) atoms. The maximum absolute atomic E-state index is 5.96. The Morgan fingerprint density at radius 2 is 1.37 bits per heavy atom. The minimum absolute atomic E-state index is 0.0232. The molecule has 3 rings (SSSR count). The third-order valence-corrected chi connectivity index (χ3v) is 3.16. The van der Waals surface area contributed by atoms with E-state index < -0.39 is 0 Å². The third-order valence-electron chi connectivity index (χ3n) is 3.16.